The average Bonchev–Trinajstić information content (AvgIpc) is 2.39. The zero-order valence-corrected chi connectivity index (χ0v) is 12.5. The molecule has 0 saturated heterocycles. The summed E-state index contributed by atoms with van der Waals surface area (Å²) in [5.74, 6) is 0.188. The van der Waals surface area contributed by atoms with E-state index in [0.29, 0.717) is 12.5 Å². The van der Waals surface area contributed by atoms with Crippen molar-refractivity contribution in [1.82, 2.24) is 10.2 Å². The molecule has 1 rings (SSSR count). The van der Waals surface area contributed by atoms with Gasteiger partial charge in [-0.1, -0.05) is 6.92 Å². The molecule has 3 N–H and O–H groups in total. The Bertz CT molecular complexity index is 333. The topological polar surface area (TPSA) is 75.4 Å². The van der Waals surface area contributed by atoms with Crippen molar-refractivity contribution in [1.29, 1.82) is 0 Å². The molecule has 5 nitrogen and oxygen atoms in total. The highest BCUT2D eigenvalue weighted by molar-refractivity contribution is 5.88. The van der Waals surface area contributed by atoms with E-state index in [4.69, 9.17) is 5.73 Å². The second kappa shape index (κ2) is 6.89. The highest BCUT2D eigenvalue weighted by atomic mass is 16.2. The van der Waals surface area contributed by atoms with Gasteiger partial charge in [-0.2, -0.15) is 0 Å². The smallest absolute Gasteiger partial charge is 0.244 e. The Hall–Kier alpha value is -1.10. The van der Waals surface area contributed by atoms with Crippen LogP contribution in [0, 0.1) is 11.8 Å². The van der Waals surface area contributed by atoms with Gasteiger partial charge in [-0.25, -0.2) is 0 Å². The van der Waals surface area contributed by atoms with E-state index in [0.717, 1.165) is 19.3 Å². The predicted molar refractivity (Wildman–Crippen MR) is 75.4 cm³/mol. The quantitative estimate of drug-likeness (QED) is 0.790. The van der Waals surface area contributed by atoms with Gasteiger partial charge in [0.2, 0.25) is 11.8 Å². The fourth-order valence-electron chi connectivity index (χ4n) is 2.59. The largest absolute Gasteiger partial charge is 0.344 e. The number of rotatable bonds is 4. The van der Waals surface area contributed by atoms with Gasteiger partial charge in [0.15, 0.2) is 0 Å². The molecule has 1 aliphatic rings. The molecule has 19 heavy (non-hydrogen) atoms. The molecule has 0 aromatic carbocycles. The van der Waals surface area contributed by atoms with Crippen LogP contribution in [0.4, 0.5) is 0 Å². The van der Waals surface area contributed by atoms with Crippen LogP contribution < -0.4 is 11.1 Å². The molecule has 110 valence electrons. The number of likely N-dealkylation sites (N-methyl/N-ethyl adjacent to an activating group) is 1. The summed E-state index contributed by atoms with van der Waals surface area (Å²) >= 11 is 0. The van der Waals surface area contributed by atoms with E-state index >= 15 is 0 Å². The molecule has 5 heteroatoms. The summed E-state index contributed by atoms with van der Waals surface area (Å²) < 4.78 is 0. The van der Waals surface area contributed by atoms with Crippen LogP contribution in [0.15, 0.2) is 0 Å². The number of nitrogens with one attached hydrogen (secondary N) is 1. The molecule has 1 aliphatic carbocycles. The zero-order valence-electron chi connectivity index (χ0n) is 12.5. The maximum absolute atomic E-state index is 12.2. The molecular formula is C14H27N3O2. The van der Waals surface area contributed by atoms with E-state index in [1.54, 1.807) is 18.9 Å². The lowest BCUT2D eigenvalue weighted by molar-refractivity contribution is -0.136. The maximum atomic E-state index is 12.2. The standard InChI is InChI=1S/C14H27N3O2/c1-5-17(4)14(19)10(3)16-13(18)12-8-11(15)7-6-9(12)2/h9-12H,5-8,15H2,1-4H3,(H,16,18). The van der Waals surface area contributed by atoms with Crippen LogP contribution in [0.3, 0.4) is 0 Å². The van der Waals surface area contributed by atoms with Crippen molar-refractivity contribution in [3.8, 4) is 0 Å². The third kappa shape index (κ3) is 4.20. The van der Waals surface area contributed by atoms with Gasteiger partial charge >= 0.3 is 0 Å². The van der Waals surface area contributed by atoms with Crippen LogP contribution in [0.2, 0.25) is 0 Å². The van der Waals surface area contributed by atoms with E-state index in [9.17, 15) is 9.59 Å². The lowest BCUT2D eigenvalue weighted by Crippen LogP contribution is -2.49. The number of nitrogens with zero attached hydrogens (tertiary/aromatic N) is 1. The fourth-order valence-corrected chi connectivity index (χ4v) is 2.59. The minimum atomic E-state index is -0.470. The van der Waals surface area contributed by atoms with Gasteiger partial charge in [-0.05, 0) is 39.0 Å². The second-order valence-electron chi connectivity index (χ2n) is 5.74. The van der Waals surface area contributed by atoms with Crippen LogP contribution in [-0.4, -0.2) is 42.4 Å². The molecule has 0 bridgehead atoms. The van der Waals surface area contributed by atoms with Crippen molar-refractivity contribution >= 4 is 11.8 Å². The van der Waals surface area contributed by atoms with Gasteiger partial charge in [-0.15, -0.1) is 0 Å². The average molecular weight is 269 g/mol. The van der Waals surface area contributed by atoms with E-state index in [1.165, 1.54) is 0 Å². The summed E-state index contributed by atoms with van der Waals surface area (Å²) in [6.07, 6.45) is 2.69. The van der Waals surface area contributed by atoms with Crippen molar-refractivity contribution in [2.45, 2.75) is 52.1 Å². The molecule has 1 fully saturated rings. The van der Waals surface area contributed by atoms with Crippen molar-refractivity contribution in [3.63, 3.8) is 0 Å². The minimum Gasteiger partial charge on any atom is -0.344 e. The molecule has 0 aromatic heterocycles. The molecule has 0 aromatic rings. The molecule has 0 spiro atoms. The Morgan fingerprint density at radius 2 is 2.05 bits per heavy atom. The summed E-state index contributed by atoms with van der Waals surface area (Å²) in [6, 6.07) is -0.362. The fraction of sp³-hybridized carbons (Fsp3) is 0.857. The van der Waals surface area contributed by atoms with Crippen molar-refractivity contribution < 1.29 is 9.59 Å². The first-order valence-electron chi connectivity index (χ1n) is 7.17. The summed E-state index contributed by atoms with van der Waals surface area (Å²) in [6.45, 7) is 6.37. The van der Waals surface area contributed by atoms with E-state index in [2.05, 4.69) is 12.2 Å². The first kappa shape index (κ1) is 16.0. The number of carbonyl (C=O) groups is 2. The summed E-state index contributed by atoms with van der Waals surface area (Å²) in [5, 5.41) is 2.83. The maximum Gasteiger partial charge on any atom is 0.244 e. The Balaban J connectivity index is 2.56. The Morgan fingerprint density at radius 1 is 1.42 bits per heavy atom. The van der Waals surface area contributed by atoms with Crippen LogP contribution >= 0.6 is 0 Å². The number of amides is 2. The number of nitrogens with two attached hydrogens (primary N) is 1. The van der Waals surface area contributed by atoms with Crippen molar-refractivity contribution in [3.05, 3.63) is 0 Å². The third-order valence-electron chi connectivity index (χ3n) is 4.15. The molecule has 0 radical (unpaired) electrons. The highest BCUT2D eigenvalue weighted by Crippen LogP contribution is 2.29. The second-order valence-corrected chi connectivity index (χ2v) is 5.74. The summed E-state index contributed by atoms with van der Waals surface area (Å²) in [7, 11) is 1.74. The minimum absolute atomic E-state index is 0.0343. The van der Waals surface area contributed by atoms with Gasteiger partial charge in [0.05, 0.1) is 0 Å². The number of carbonyl (C=O) groups excluding carboxylic acids is 2. The van der Waals surface area contributed by atoms with Gasteiger partial charge in [0, 0.05) is 25.6 Å². The molecule has 4 unspecified atom stereocenters. The summed E-state index contributed by atoms with van der Waals surface area (Å²) in [4.78, 5) is 25.8. The van der Waals surface area contributed by atoms with Crippen molar-refractivity contribution in [2.24, 2.45) is 17.6 Å². The van der Waals surface area contributed by atoms with Crippen LogP contribution in [-0.2, 0) is 9.59 Å². The molecule has 0 heterocycles. The Kier molecular flexibility index (Phi) is 5.79. The molecule has 2 amide bonds. The van der Waals surface area contributed by atoms with Gasteiger partial charge in [0.25, 0.3) is 0 Å². The first-order chi connectivity index (χ1) is 8.86. The first-order valence-corrected chi connectivity index (χ1v) is 7.17. The number of hydrogen-bond acceptors (Lipinski definition) is 3. The van der Waals surface area contributed by atoms with Gasteiger partial charge < -0.3 is 16.0 Å². The molecule has 4 atom stereocenters. The molecule has 0 aliphatic heterocycles. The van der Waals surface area contributed by atoms with Crippen molar-refractivity contribution in [2.75, 3.05) is 13.6 Å². The molecule has 1 saturated carbocycles. The Labute approximate surface area is 115 Å². The highest BCUT2D eigenvalue weighted by Gasteiger charge is 2.32. The molecular weight excluding hydrogens is 242 g/mol. The summed E-state index contributed by atoms with van der Waals surface area (Å²) in [5.41, 5.74) is 5.93. The SMILES string of the molecule is CCN(C)C(=O)C(C)NC(=O)C1CC(N)CCC1C. The van der Waals surface area contributed by atoms with Gasteiger partial charge in [-0.3, -0.25) is 9.59 Å². The van der Waals surface area contributed by atoms with E-state index in [-0.39, 0.29) is 23.8 Å². The zero-order chi connectivity index (χ0) is 14.6. The van der Waals surface area contributed by atoms with Crippen LogP contribution in [0.1, 0.15) is 40.0 Å². The van der Waals surface area contributed by atoms with E-state index in [1.807, 2.05) is 6.92 Å². The van der Waals surface area contributed by atoms with E-state index < -0.39 is 6.04 Å². The lowest BCUT2D eigenvalue weighted by Gasteiger charge is -2.32. The lowest BCUT2D eigenvalue weighted by atomic mass is 9.77. The monoisotopic (exact) mass is 269 g/mol. The van der Waals surface area contributed by atoms with Crippen LogP contribution in [0.25, 0.3) is 0 Å². The van der Waals surface area contributed by atoms with Gasteiger partial charge in [0.1, 0.15) is 6.04 Å². The number of hydrogen-bond donors (Lipinski definition) is 2. The normalized spacial score (nSPS) is 28.6. The predicted octanol–water partition coefficient (Wildman–Crippen LogP) is 0.733. The Morgan fingerprint density at radius 3 is 2.63 bits per heavy atom. The van der Waals surface area contributed by atoms with Crippen LogP contribution in [0.5, 0.6) is 0 Å². The third-order valence-corrected chi connectivity index (χ3v) is 4.15.